The summed E-state index contributed by atoms with van der Waals surface area (Å²) in [6.07, 6.45) is 4.93. The van der Waals surface area contributed by atoms with Crippen molar-refractivity contribution < 1.29 is 29.0 Å². The Labute approximate surface area is 346 Å². The average Bonchev–Trinajstić information content (AvgIpc) is 4.07. The molecule has 16 nitrogen and oxygen atoms in total. The summed E-state index contributed by atoms with van der Waals surface area (Å²) in [6, 6.07) is 14.6. The van der Waals surface area contributed by atoms with Crippen molar-refractivity contribution in [1.82, 2.24) is 49.9 Å². The summed E-state index contributed by atoms with van der Waals surface area (Å²) >= 11 is 0. The van der Waals surface area contributed by atoms with E-state index in [1.54, 1.807) is 16.0 Å². The number of benzene rings is 2. The molecule has 60 heavy (non-hydrogen) atoms. The van der Waals surface area contributed by atoms with Gasteiger partial charge < -0.3 is 34.9 Å². The fourth-order valence-electron chi connectivity index (χ4n) is 8.77. The minimum atomic E-state index is -1.13. The third-order valence-corrected chi connectivity index (χ3v) is 11.9. The first kappa shape index (κ1) is 40.2. The van der Waals surface area contributed by atoms with Gasteiger partial charge in [0.2, 0.25) is 11.8 Å². The smallest absolute Gasteiger partial charge is 0.407 e. The maximum atomic E-state index is 13.7. The fraction of sp³-hybridized carbons (Fsp3) is 0.409. The van der Waals surface area contributed by atoms with Crippen LogP contribution >= 0.6 is 0 Å². The van der Waals surface area contributed by atoms with Gasteiger partial charge in [0.25, 0.3) is 0 Å². The molecule has 0 spiro atoms. The first-order valence-corrected chi connectivity index (χ1v) is 20.5. The van der Waals surface area contributed by atoms with Gasteiger partial charge in [-0.15, -0.1) is 0 Å². The molecule has 6 heterocycles. The number of alkyl carbamates (subject to hydrolysis) is 1. The maximum Gasteiger partial charge on any atom is 0.407 e. The number of carbonyl (C=O) groups excluding carboxylic acids is 3. The summed E-state index contributed by atoms with van der Waals surface area (Å²) < 4.78 is 4.77. The summed E-state index contributed by atoms with van der Waals surface area (Å²) in [7, 11) is 2.73. The molecule has 0 bridgehead atoms. The zero-order chi connectivity index (χ0) is 42.4. The van der Waals surface area contributed by atoms with Gasteiger partial charge in [-0.2, -0.15) is 0 Å². The second-order valence-corrected chi connectivity index (χ2v) is 16.5. The molecule has 0 saturated carbocycles. The number of fused-ring (bicyclic) bond motifs is 3. The lowest BCUT2D eigenvalue weighted by Gasteiger charge is -2.33. The van der Waals surface area contributed by atoms with Crippen molar-refractivity contribution in [1.29, 1.82) is 0 Å². The molecular formula is C44H50N10O6. The molecule has 2 saturated heterocycles. The van der Waals surface area contributed by atoms with Crippen LogP contribution in [-0.4, -0.2) is 113 Å². The number of H-pyrrole nitrogens is 2. The number of ether oxygens (including phenoxy) is 1. The fourth-order valence-corrected chi connectivity index (χ4v) is 8.77. The van der Waals surface area contributed by atoms with Crippen molar-refractivity contribution >= 4 is 57.1 Å². The van der Waals surface area contributed by atoms with Gasteiger partial charge in [0.15, 0.2) is 11.3 Å². The Balaban J connectivity index is 0.999. The summed E-state index contributed by atoms with van der Waals surface area (Å²) in [5.74, 6) is 0.619. The van der Waals surface area contributed by atoms with Crippen molar-refractivity contribution in [3.05, 3.63) is 72.6 Å². The van der Waals surface area contributed by atoms with Gasteiger partial charge in [0.1, 0.15) is 23.7 Å². The lowest BCUT2D eigenvalue weighted by molar-refractivity contribution is -0.138. The molecule has 0 aliphatic carbocycles. The van der Waals surface area contributed by atoms with Gasteiger partial charge in [-0.25, -0.2) is 29.5 Å². The van der Waals surface area contributed by atoms with Crippen LogP contribution in [0, 0.1) is 11.8 Å². The van der Waals surface area contributed by atoms with Gasteiger partial charge in [0, 0.05) is 43.7 Å². The van der Waals surface area contributed by atoms with E-state index in [-0.39, 0.29) is 35.7 Å². The second kappa shape index (κ2) is 16.2. The molecule has 4 amide bonds. The van der Waals surface area contributed by atoms with E-state index in [4.69, 9.17) is 14.7 Å². The van der Waals surface area contributed by atoms with E-state index in [1.807, 2.05) is 46.0 Å². The van der Waals surface area contributed by atoms with Crippen LogP contribution in [0.15, 0.2) is 60.9 Å². The lowest BCUT2D eigenvalue weighted by atomic mass is 9.99. The molecule has 2 aromatic carbocycles. The average molecular weight is 815 g/mol. The van der Waals surface area contributed by atoms with Gasteiger partial charge in [-0.05, 0) is 83.7 Å². The number of rotatable bonds is 10. The molecule has 8 rings (SSSR count). The Morgan fingerprint density at radius 3 is 1.70 bits per heavy atom. The molecule has 312 valence electrons. The highest BCUT2D eigenvalue weighted by atomic mass is 16.5. The van der Waals surface area contributed by atoms with Crippen molar-refractivity contribution in [2.24, 2.45) is 11.8 Å². The van der Waals surface area contributed by atoms with Crippen LogP contribution in [0.25, 0.3) is 55.4 Å². The molecule has 16 heteroatoms. The number of likely N-dealkylation sites (tertiary alicyclic amines) is 2. The number of pyridine rings is 2. The first-order chi connectivity index (χ1) is 28.8. The van der Waals surface area contributed by atoms with E-state index in [9.17, 15) is 24.3 Å². The largest absolute Gasteiger partial charge is 0.465 e. The van der Waals surface area contributed by atoms with Gasteiger partial charge in [0.05, 0.1) is 30.2 Å². The first-order valence-electron chi connectivity index (χ1n) is 20.5. The summed E-state index contributed by atoms with van der Waals surface area (Å²) in [5.41, 5.74) is 6.47. The van der Waals surface area contributed by atoms with E-state index < -0.39 is 24.3 Å². The number of nitrogens with zero attached hydrogens (tertiary/aromatic N) is 7. The number of likely N-dealkylation sites (N-methyl/N-ethyl adjacent to an activating group) is 1. The number of aromatic nitrogens is 6. The second-order valence-electron chi connectivity index (χ2n) is 16.5. The zero-order valence-electron chi connectivity index (χ0n) is 34.6. The van der Waals surface area contributed by atoms with E-state index >= 15 is 0 Å². The van der Waals surface area contributed by atoms with Gasteiger partial charge in [-0.3, -0.25) is 14.5 Å². The number of nitrogens with one attached hydrogen (secondary N) is 3. The highest BCUT2D eigenvalue weighted by Gasteiger charge is 2.40. The molecular weight excluding hydrogens is 765 g/mol. The highest BCUT2D eigenvalue weighted by Crippen LogP contribution is 2.36. The summed E-state index contributed by atoms with van der Waals surface area (Å²) in [5, 5.41) is 14.4. The van der Waals surface area contributed by atoms with Crippen LogP contribution in [0.3, 0.4) is 0 Å². The Morgan fingerprint density at radius 1 is 0.750 bits per heavy atom. The molecule has 0 unspecified atom stereocenters. The number of carboxylic acid groups (broad SMARTS) is 1. The van der Waals surface area contributed by atoms with Crippen molar-refractivity contribution in [2.45, 2.75) is 77.5 Å². The predicted molar refractivity (Wildman–Crippen MR) is 226 cm³/mol. The Kier molecular flexibility index (Phi) is 10.9. The van der Waals surface area contributed by atoms with Crippen LogP contribution < -0.4 is 5.32 Å². The van der Waals surface area contributed by atoms with Crippen LogP contribution in [-0.2, 0) is 14.3 Å². The number of amides is 4. The molecule has 2 aliphatic heterocycles. The number of imidazole rings is 2. The van der Waals surface area contributed by atoms with Crippen LogP contribution in [0.2, 0.25) is 0 Å². The monoisotopic (exact) mass is 814 g/mol. The van der Waals surface area contributed by atoms with Crippen LogP contribution in [0.1, 0.15) is 77.1 Å². The summed E-state index contributed by atoms with van der Waals surface area (Å²) in [6.45, 7) is 8.60. The topological polar surface area (TPSA) is 203 Å². The standard InChI is InChI=1S/C44H50N10O6/c1-23(2)35(49-43(57)60-6)41(55)53-15-7-9-33(53)39-47-31-19-29(21-45-37(31)50-39)27-13-11-26-18-28(14-12-25(26)17-27)30-20-32-38(46-22-30)51-40(48-32)34-10-8-16-54(34)42(56)36(24(3)4)52(5)44(58)59/h11-14,17-24,33-36H,7-10,15-16H2,1-6H3,(H,49,57)(H,58,59)(H,45,47,50)(H,46,48,51)/t33-,34+,35-,36-/m0/s1. The van der Waals surface area contributed by atoms with Crippen molar-refractivity contribution in [3.8, 4) is 22.3 Å². The highest BCUT2D eigenvalue weighted by molar-refractivity contribution is 5.93. The number of aromatic amines is 2. The van der Waals surface area contributed by atoms with Crippen LogP contribution in [0.5, 0.6) is 0 Å². The van der Waals surface area contributed by atoms with Crippen molar-refractivity contribution in [2.75, 3.05) is 27.2 Å². The molecule has 4 atom stereocenters. The molecule has 4 aromatic heterocycles. The molecule has 0 radical (unpaired) electrons. The third-order valence-electron chi connectivity index (χ3n) is 11.9. The normalized spacial score (nSPS) is 17.9. The quantitative estimate of drug-likeness (QED) is 0.111. The Bertz CT molecular complexity index is 2620. The molecule has 2 aliphatic rings. The number of hydrogen-bond acceptors (Lipinski definition) is 9. The van der Waals surface area contributed by atoms with Gasteiger partial charge >= 0.3 is 12.2 Å². The predicted octanol–water partition coefficient (Wildman–Crippen LogP) is 7.06. The van der Waals surface area contributed by atoms with E-state index in [0.717, 1.165) is 74.6 Å². The SMILES string of the molecule is COC(=O)N[C@H](C(=O)N1CCC[C@H]1c1nc2ncc(-c3ccc4cc(-c5cnc6nc([C@H]7CCCN7C(=O)[C@H](C(C)C)N(C)C(=O)O)[nH]c6c5)ccc4c3)cc2[nH]1)C(C)C. The molecule has 4 N–H and O–H groups in total. The Hall–Kier alpha value is -6.58. The number of hydrogen-bond donors (Lipinski definition) is 4. The Morgan fingerprint density at radius 2 is 1.25 bits per heavy atom. The van der Waals surface area contributed by atoms with Crippen LogP contribution in [0.4, 0.5) is 9.59 Å². The minimum absolute atomic E-state index is 0.126. The summed E-state index contributed by atoms with van der Waals surface area (Å²) in [4.78, 5) is 81.6. The van der Waals surface area contributed by atoms with E-state index in [1.165, 1.54) is 14.2 Å². The third kappa shape index (κ3) is 7.57. The zero-order valence-corrected chi connectivity index (χ0v) is 34.6. The molecule has 6 aromatic rings. The number of carbonyl (C=O) groups is 4. The minimum Gasteiger partial charge on any atom is -0.465 e. The van der Waals surface area contributed by atoms with Crippen molar-refractivity contribution in [3.63, 3.8) is 0 Å². The van der Waals surface area contributed by atoms with E-state index in [2.05, 4.69) is 61.7 Å². The maximum absolute atomic E-state index is 13.7. The lowest BCUT2D eigenvalue weighted by Crippen LogP contribution is -2.51. The number of methoxy groups -OCH3 is 1. The molecule has 2 fully saturated rings. The van der Waals surface area contributed by atoms with E-state index in [0.29, 0.717) is 36.0 Å². The van der Waals surface area contributed by atoms with Gasteiger partial charge in [-0.1, -0.05) is 52.0 Å².